The second-order valence-corrected chi connectivity index (χ2v) is 6.31. The van der Waals surface area contributed by atoms with Crippen molar-refractivity contribution in [1.82, 2.24) is 9.97 Å². The number of nitrogens with zero attached hydrogens (tertiary/aromatic N) is 2. The van der Waals surface area contributed by atoms with Gasteiger partial charge in [0.15, 0.2) is 0 Å². The van der Waals surface area contributed by atoms with Crippen LogP contribution in [0.25, 0.3) is 6.08 Å². The Bertz CT molecular complexity index is 755. The minimum atomic E-state index is -4.34. The summed E-state index contributed by atoms with van der Waals surface area (Å²) < 4.78 is 38.1. The van der Waals surface area contributed by atoms with Gasteiger partial charge in [-0.3, -0.25) is 0 Å². The van der Waals surface area contributed by atoms with E-state index in [0.717, 1.165) is 23.4 Å². The molecule has 0 bridgehead atoms. The Morgan fingerprint density at radius 3 is 2.08 bits per heavy atom. The maximum atomic E-state index is 12.7. The van der Waals surface area contributed by atoms with Crippen molar-refractivity contribution in [2.24, 2.45) is 0 Å². The number of hydrogen-bond donors (Lipinski definition) is 2. The van der Waals surface area contributed by atoms with Crippen LogP contribution in [0, 0.1) is 6.92 Å². The van der Waals surface area contributed by atoms with Gasteiger partial charge in [0, 0.05) is 18.0 Å². The number of halogens is 3. The van der Waals surface area contributed by atoms with Crippen molar-refractivity contribution >= 4 is 17.8 Å². The summed E-state index contributed by atoms with van der Waals surface area (Å²) in [6, 6.07) is 5.17. The highest BCUT2D eigenvalue weighted by atomic mass is 19.4. The highest BCUT2D eigenvalue weighted by Gasteiger charge is 2.30. The summed E-state index contributed by atoms with van der Waals surface area (Å²) >= 11 is 0. The van der Waals surface area contributed by atoms with Gasteiger partial charge in [-0.1, -0.05) is 38.1 Å². The largest absolute Gasteiger partial charge is 0.416 e. The first-order valence-electron chi connectivity index (χ1n) is 7.73. The van der Waals surface area contributed by atoms with Crippen molar-refractivity contribution in [2.75, 3.05) is 18.1 Å². The zero-order valence-electron chi connectivity index (χ0n) is 14.6. The molecule has 0 radical (unpaired) electrons. The molecule has 1 heterocycles. The summed E-state index contributed by atoms with van der Waals surface area (Å²) in [4.78, 5) is 8.43. The van der Waals surface area contributed by atoms with Crippen LogP contribution in [-0.2, 0) is 11.6 Å². The highest BCUT2D eigenvalue weighted by molar-refractivity contribution is 5.65. The molecule has 0 fully saturated rings. The topological polar surface area (TPSA) is 63.8 Å². The third kappa shape index (κ3) is 4.29. The summed E-state index contributed by atoms with van der Waals surface area (Å²) in [6.45, 7) is 5.66. The second-order valence-electron chi connectivity index (χ2n) is 6.31. The van der Waals surface area contributed by atoms with E-state index in [9.17, 15) is 13.2 Å². The molecule has 0 amide bonds. The van der Waals surface area contributed by atoms with Gasteiger partial charge in [0.2, 0.25) is 5.95 Å². The van der Waals surface area contributed by atoms with E-state index in [0.29, 0.717) is 17.3 Å². The van der Waals surface area contributed by atoms with Crippen molar-refractivity contribution in [1.29, 1.82) is 0 Å². The molecule has 0 aliphatic carbocycles. The predicted octanol–water partition coefficient (Wildman–Crippen LogP) is 4.42. The molecule has 3 N–H and O–H groups in total. The molecule has 0 saturated heterocycles. The summed E-state index contributed by atoms with van der Waals surface area (Å²) in [5.41, 5.74) is 7.00. The molecule has 4 nitrogen and oxygen atoms in total. The van der Waals surface area contributed by atoms with Crippen LogP contribution in [0.15, 0.2) is 30.3 Å². The highest BCUT2D eigenvalue weighted by Crippen LogP contribution is 2.32. The van der Waals surface area contributed by atoms with Gasteiger partial charge >= 0.3 is 6.18 Å². The van der Waals surface area contributed by atoms with Crippen LogP contribution in [0.2, 0.25) is 0 Å². The number of nitrogen functional groups attached to an aromatic ring is 1. The molecular weight excluding hydrogens is 329 g/mol. The average molecular weight is 350 g/mol. The van der Waals surface area contributed by atoms with Gasteiger partial charge in [0.05, 0.1) is 11.3 Å². The molecule has 25 heavy (non-hydrogen) atoms. The Morgan fingerprint density at radius 2 is 1.60 bits per heavy atom. The molecular formula is C18H21F3N4. The van der Waals surface area contributed by atoms with Gasteiger partial charge in [0.25, 0.3) is 0 Å². The van der Waals surface area contributed by atoms with Crippen LogP contribution in [-0.4, -0.2) is 17.0 Å². The number of benzene rings is 1. The smallest absolute Gasteiger partial charge is 0.383 e. The lowest BCUT2D eigenvalue weighted by Gasteiger charge is -2.22. The van der Waals surface area contributed by atoms with Gasteiger partial charge in [-0.05, 0) is 24.6 Å². The number of nitrogens with one attached hydrogen (secondary N) is 1. The Labute approximate surface area is 145 Å². The lowest BCUT2D eigenvalue weighted by Crippen LogP contribution is -2.14. The van der Waals surface area contributed by atoms with E-state index in [1.807, 2.05) is 32.9 Å². The molecule has 0 atom stereocenters. The van der Waals surface area contributed by atoms with Gasteiger partial charge in [-0.15, -0.1) is 0 Å². The fourth-order valence-electron chi connectivity index (χ4n) is 2.40. The van der Waals surface area contributed by atoms with Gasteiger partial charge in [-0.2, -0.15) is 18.2 Å². The Hall–Kier alpha value is -2.57. The Kier molecular flexibility index (Phi) is 5.06. The summed E-state index contributed by atoms with van der Waals surface area (Å²) in [6.07, 6.45) is -0.644. The molecule has 1 aromatic carbocycles. The van der Waals surface area contributed by atoms with Crippen LogP contribution in [0.5, 0.6) is 0 Å². The van der Waals surface area contributed by atoms with Gasteiger partial charge in [0.1, 0.15) is 5.82 Å². The third-order valence-electron chi connectivity index (χ3n) is 4.01. The first-order chi connectivity index (χ1) is 11.5. The Morgan fingerprint density at radius 1 is 1.04 bits per heavy atom. The van der Waals surface area contributed by atoms with E-state index in [-0.39, 0.29) is 0 Å². The van der Waals surface area contributed by atoms with E-state index >= 15 is 0 Å². The SMILES string of the molecule is CNc1nc(C)c(/C=C/C(C)(C)c2ccc(C(F)(F)F)cc2)c(N)n1. The number of aromatic nitrogens is 2. The van der Waals surface area contributed by atoms with E-state index in [1.165, 1.54) is 12.1 Å². The number of alkyl halides is 3. The number of anilines is 2. The van der Waals surface area contributed by atoms with E-state index in [1.54, 1.807) is 7.05 Å². The van der Waals surface area contributed by atoms with Crippen LogP contribution in [0.3, 0.4) is 0 Å². The zero-order valence-corrected chi connectivity index (χ0v) is 14.6. The fraction of sp³-hybridized carbons (Fsp3) is 0.333. The maximum Gasteiger partial charge on any atom is 0.416 e. The molecule has 0 aliphatic rings. The predicted molar refractivity (Wildman–Crippen MR) is 94.2 cm³/mol. The number of allylic oxidation sites excluding steroid dienone is 1. The minimum absolute atomic E-state index is 0.344. The number of aryl methyl sites for hydroxylation is 1. The normalized spacial score (nSPS) is 12.6. The zero-order chi connectivity index (χ0) is 18.8. The summed E-state index contributed by atoms with van der Waals surface area (Å²) in [5.74, 6) is 0.783. The van der Waals surface area contributed by atoms with Crippen LogP contribution >= 0.6 is 0 Å². The van der Waals surface area contributed by atoms with Crippen molar-refractivity contribution < 1.29 is 13.2 Å². The van der Waals surface area contributed by atoms with Crippen LogP contribution in [0.1, 0.15) is 36.2 Å². The molecule has 0 unspecified atom stereocenters. The summed E-state index contributed by atoms with van der Waals surface area (Å²) in [5, 5.41) is 2.83. The molecule has 0 spiro atoms. The van der Waals surface area contributed by atoms with E-state index in [2.05, 4.69) is 15.3 Å². The van der Waals surface area contributed by atoms with E-state index in [4.69, 9.17) is 5.73 Å². The first-order valence-corrected chi connectivity index (χ1v) is 7.73. The summed E-state index contributed by atoms with van der Waals surface area (Å²) in [7, 11) is 1.71. The second kappa shape index (κ2) is 6.74. The lowest BCUT2D eigenvalue weighted by atomic mass is 9.83. The van der Waals surface area contributed by atoms with Gasteiger partial charge < -0.3 is 11.1 Å². The quantitative estimate of drug-likeness (QED) is 0.857. The standard InChI is InChI=1S/C18H21F3N4/c1-11-14(15(22)25-16(23-4)24-11)9-10-17(2,3)12-5-7-13(8-6-12)18(19,20)21/h5-10H,1-4H3,(H3,22,23,24,25)/b10-9+. The van der Waals surface area contributed by atoms with Crippen molar-refractivity contribution in [3.05, 3.63) is 52.7 Å². The molecule has 134 valence electrons. The average Bonchev–Trinajstić information content (AvgIpc) is 2.53. The molecule has 0 saturated carbocycles. The number of hydrogen-bond acceptors (Lipinski definition) is 4. The molecule has 2 rings (SSSR count). The van der Waals surface area contributed by atoms with Gasteiger partial charge in [-0.25, -0.2) is 4.98 Å². The molecule has 1 aromatic heterocycles. The lowest BCUT2D eigenvalue weighted by molar-refractivity contribution is -0.137. The third-order valence-corrected chi connectivity index (χ3v) is 4.01. The molecule has 2 aromatic rings. The van der Waals surface area contributed by atoms with Crippen molar-refractivity contribution in [3.8, 4) is 0 Å². The number of rotatable bonds is 4. The monoisotopic (exact) mass is 350 g/mol. The molecule has 0 aliphatic heterocycles. The van der Waals surface area contributed by atoms with Crippen molar-refractivity contribution in [2.45, 2.75) is 32.4 Å². The number of nitrogens with two attached hydrogens (primary N) is 1. The minimum Gasteiger partial charge on any atom is -0.383 e. The Balaban J connectivity index is 2.31. The first kappa shape index (κ1) is 18.8. The molecule has 7 heteroatoms. The van der Waals surface area contributed by atoms with Crippen molar-refractivity contribution in [3.63, 3.8) is 0 Å². The fourth-order valence-corrected chi connectivity index (χ4v) is 2.40. The van der Waals surface area contributed by atoms with Crippen LogP contribution < -0.4 is 11.1 Å². The maximum absolute atomic E-state index is 12.7. The van der Waals surface area contributed by atoms with Crippen LogP contribution in [0.4, 0.5) is 24.9 Å². The van der Waals surface area contributed by atoms with E-state index < -0.39 is 17.2 Å².